The molecule has 4 nitrogen and oxygen atoms in total. The minimum absolute atomic E-state index is 0.199. The van der Waals surface area contributed by atoms with E-state index >= 15 is 0 Å². The molecule has 0 atom stereocenters. The molecule has 0 aromatic heterocycles. The van der Waals surface area contributed by atoms with E-state index in [1.807, 2.05) is 25.7 Å². The van der Waals surface area contributed by atoms with Crippen LogP contribution >= 0.6 is 0 Å². The number of para-hydroxylation sites is 1. The van der Waals surface area contributed by atoms with E-state index in [0.29, 0.717) is 6.04 Å². The van der Waals surface area contributed by atoms with Crippen LogP contribution in [0.4, 0.5) is 10.5 Å². The van der Waals surface area contributed by atoms with Gasteiger partial charge < -0.3 is 14.5 Å². The Kier molecular flexibility index (Phi) is 6.04. The van der Waals surface area contributed by atoms with Crippen molar-refractivity contribution in [1.29, 1.82) is 0 Å². The number of rotatable bonds is 4. The molecule has 1 aliphatic rings. The highest BCUT2D eigenvalue weighted by atomic mass is 16.6. The highest BCUT2D eigenvalue weighted by Crippen LogP contribution is 2.26. The molecule has 0 aliphatic carbocycles. The SMILES string of the molecule is CC(C)(C)OC(=O)N1CCC(N(Cc2ccccc2)c2ccccc2)CC1. The predicted octanol–water partition coefficient (Wildman–Crippen LogP) is 5.09. The largest absolute Gasteiger partial charge is 0.444 e. The summed E-state index contributed by atoms with van der Waals surface area (Å²) in [4.78, 5) is 16.7. The normalized spacial score (nSPS) is 15.4. The van der Waals surface area contributed by atoms with Gasteiger partial charge in [0.05, 0.1) is 0 Å². The van der Waals surface area contributed by atoms with Crippen LogP contribution in [0.2, 0.25) is 0 Å². The summed E-state index contributed by atoms with van der Waals surface area (Å²) in [6, 6.07) is 21.5. The molecule has 1 saturated heterocycles. The Morgan fingerprint density at radius 2 is 1.56 bits per heavy atom. The Labute approximate surface area is 162 Å². The summed E-state index contributed by atoms with van der Waals surface area (Å²) < 4.78 is 5.53. The van der Waals surface area contributed by atoms with Gasteiger partial charge in [0.15, 0.2) is 0 Å². The summed E-state index contributed by atoms with van der Waals surface area (Å²) in [5.74, 6) is 0. The molecule has 0 saturated carbocycles. The minimum atomic E-state index is -0.447. The summed E-state index contributed by atoms with van der Waals surface area (Å²) >= 11 is 0. The molecule has 1 amide bonds. The number of anilines is 1. The second-order valence-electron chi connectivity index (χ2n) is 8.15. The van der Waals surface area contributed by atoms with Gasteiger partial charge in [-0.2, -0.15) is 0 Å². The van der Waals surface area contributed by atoms with Crippen molar-refractivity contribution in [3.05, 3.63) is 66.2 Å². The standard InChI is InChI=1S/C23H30N2O2/c1-23(2,3)27-22(26)24-16-14-21(15-17-24)25(20-12-8-5-9-13-20)18-19-10-6-4-7-11-19/h4-13,21H,14-18H2,1-3H3. The van der Waals surface area contributed by atoms with Gasteiger partial charge in [-0.15, -0.1) is 0 Å². The van der Waals surface area contributed by atoms with Gasteiger partial charge in [0.2, 0.25) is 0 Å². The van der Waals surface area contributed by atoms with E-state index in [2.05, 4.69) is 65.6 Å². The fourth-order valence-corrected chi connectivity index (χ4v) is 3.52. The molecule has 2 aromatic rings. The number of carbonyl (C=O) groups is 1. The first-order valence-electron chi connectivity index (χ1n) is 9.76. The van der Waals surface area contributed by atoms with Crippen molar-refractivity contribution in [3.8, 4) is 0 Å². The lowest BCUT2D eigenvalue weighted by Gasteiger charge is -2.40. The Hall–Kier alpha value is -2.49. The maximum atomic E-state index is 12.3. The second kappa shape index (κ2) is 8.47. The first-order valence-corrected chi connectivity index (χ1v) is 9.76. The number of nitrogens with zero attached hydrogens (tertiary/aromatic N) is 2. The third kappa shape index (κ3) is 5.49. The lowest BCUT2D eigenvalue weighted by atomic mass is 10.0. The summed E-state index contributed by atoms with van der Waals surface area (Å²) in [7, 11) is 0. The summed E-state index contributed by atoms with van der Waals surface area (Å²) in [5.41, 5.74) is 2.09. The van der Waals surface area contributed by atoms with Gasteiger partial charge in [0, 0.05) is 31.4 Å². The van der Waals surface area contributed by atoms with Crippen LogP contribution < -0.4 is 4.90 Å². The molecular formula is C23H30N2O2. The predicted molar refractivity (Wildman–Crippen MR) is 110 cm³/mol. The number of likely N-dealkylation sites (tertiary alicyclic amines) is 1. The van der Waals surface area contributed by atoms with Crippen molar-refractivity contribution in [2.75, 3.05) is 18.0 Å². The Balaban J connectivity index is 1.68. The molecule has 0 spiro atoms. The van der Waals surface area contributed by atoms with E-state index < -0.39 is 5.60 Å². The van der Waals surface area contributed by atoms with Crippen LogP contribution in [-0.2, 0) is 11.3 Å². The molecule has 1 fully saturated rings. The number of piperidine rings is 1. The molecule has 1 aliphatic heterocycles. The van der Waals surface area contributed by atoms with Gasteiger partial charge in [-0.25, -0.2) is 4.79 Å². The van der Waals surface area contributed by atoms with E-state index in [1.54, 1.807) is 0 Å². The molecule has 3 rings (SSSR count). The van der Waals surface area contributed by atoms with Crippen molar-refractivity contribution < 1.29 is 9.53 Å². The van der Waals surface area contributed by atoms with E-state index in [0.717, 1.165) is 32.5 Å². The molecule has 2 aromatic carbocycles. The topological polar surface area (TPSA) is 32.8 Å². The fourth-order valence-electron chi connectivity index (χ4n) is 3.52. The van der Waals surface area contributed by atoms with Gasteiger partial charge in [-0.1, -0.05) is 48.5 Å². The van der Waals surface area contributed by atoms with Crippen molar-refractivity contribution in [1.82, 2.24) is 4.90 Å². The Morgan fingerprint density at radius 3 is 2.11 bits per heavy atom. The number of amides is 1. The van der Waals surface area contributed by atoms with Crippen LogP contribution in [0.5, 0.6) is 0 Å². The van der Waals surface area contributed by atoms with E-state index in [1.165, 1.54) is 11.3 Å². The maximum Gasteiger partial charge on any atom is 0.410 e. The zero-order valence-corrected chi connectivity index (χ0v) is 16.6. The average molecular weight is 367 g/mol. The summed E-state index contributed by atoms with van der Waals surface area (Å²) in [6.45, 7) is 8.08. The zero-order chi connectivity index (χ0) is 19.3. The lowest BCUT2D eigenvalue weighted by molar-refractivity contribution is 0.0204. The molecule has 0 unspecified atom stereocenters. The third-order valence-corrected chi connectivity index (χ3v) is 4.84. The van der Waals surface area contributed by atoms with Crippen LogP contribution in [0.1, 0.15) is 39.2 Å². The van der Waals surface area contributed by atoms with Gasteiger partial charge in [0.25, 0.3) is 0 Å². The van der Waals surface area contributed by atoms with E-state index in [4.69, 9.17) is 4.74 Å². The number of ether oxygens (including phenoxy) is 1. The smallest absolute Gasteiger partial charge is 0.410 e. The fraction of sp³-hybridized carbons (Fsp3) is 0.435. The first-order chi connectivity index (χ1) is 12.9. The van der Waals surface area contributed by atoms with E-state index in [-0.39, 0.29) is 6.09 Å². The van der Waals surface area contributed by atoms with Gasteiger partial charge in [-0.3, -0.25) is 0 Å². The number of carbonyl (C=O) groups excluding carboxylic acids is 1. The van der Waals surface area contributed by atoms with Crippen LogP contribution in [-0.4, -0.2) is 35.7 Å². The summed E-state index contributed by atoms with van der Waals surface area (Å²) in [5, 5.41) is 0. The second-order valence-corrected chi connectivity index (χ2v) is 8.15. The highest BCUT2D eigenvalue weighted by molar-refractivity contribution is 5.68. The molecule has 0 N–H and O–H groups in total. The lowest BCUT2D eigenvalue weighted by Crippen LogP contribution is -2.48. The van der Waals surface area contributed by atoms with Crippen molar-refractivity contribution in [2.24, 2.45) is 0 Å². The van der Waals surface area contributed by atoms with Crippen LogP contribution in [0, 0.1) is 0 Å². The monoisotopic (exact) mass is 366 g/mol. The van der Waals surface area contributed by atoms with E-state index in [9.17, 15) is 4.79 Å². The van der Waals surface area contributed by atoms with Crippen LogP contribution in [0.15, 0.2) is 60.7 Å². The van der Waals surface area contributed by atoms with Crippen LogP contribution in [0.3, 0.4) is 0 Å². The molecule has 27 heavy (non-hydrogen) atoms. The van der Waals surface area contributed by atoms with Crippen LogP contribution in [0.25, 0.3) is 0 Å². The van der Waals surface area contributed by atoms with Crippen molar-refractivity contribution >= 4 is 11.8 Å². The first kappa shape index (κ1) is 19.3. The van der Waals surface area contributed by atoms with Crippen molar-refractivity contribution in [2.45, 2.75) is 51.8 Å². The molecule has 4 heteroatoms. The van der Waals surface area contributed by atoms with Gasteiger partial charge in [0.1, 0.15) is 5.60 Å². The molecular weight excluding hydrogens is 336 g/mol. The number of benzene rings is 2. The number of hydrogen-bond donors (Lipinski definition) is 0. The Bertz CT molecular complexity index is 717. The molecule has 0 bridgehead atoms. The minimum Gasteiger partial charge on any atom is -0.444 e. The Morgan fingerprint density at radius 1 is 1.00 bits per heavy atom. The molecule has 144 valence electrons. The zero-order valence-electron chi connectivity index (χ0n) is 16.6. The average Bonchev–Trinajstić information content (AvgIpc) is 2.66. The summed E-state index contributed by atoms with van der Waals surface area (Å²) in [6.07, 6.45) is 1.69. The van der Waals surface area contributed by atoms with Crippen molar-refractivity contribution in [3.63, 3.8) is 0 Å². The highest BCUT2D eigenvalue weighted by Gasteiger charge is 2.29. The molecule has 1 heterocycles. The molecule has 0 radical (unpaired) electrons. The third-order valence-electron chi connectivity index (χ3n) is 4.84. The number of hydrogen-bond acceptors (Lipinski definition) is 3. The quantitative estimate of drug-likeness (QED) is 0.755. The maximum absolute atomic E-state index is 12.3. The van der Waals surface area contributed by atoms with Gasteiger partial charge in [-0.05, 0) is 51.3 Å². The van der Waals surface area contributed by atoms with Gasteiger partial charge >= 0.3 is 6.09 Å².